The Bertz CT molecular complexity index is 593. The van der Waals surface area contributed by atoms with Crippen molar-refractivity contribution >= 4 is 11.6 Å². The molecule has 19 heavy (non-hydrogen) atoms. The maximum Gasteiger partial charge on any atom is 0.258 e. The number of carbonyl (C=O) groups is 1. The minimum Gasteiger partial charge on any atom is -0.508 e. The first-order valence-electron chi connectivity index (χ1n) is 6.30. The molecule has 0 heterocycles. The van der Waals surface area contributed by atoms with Crippen LogP contribution in [0.3, 0.4) is 0 Å². The molecule has 0 unspecified atom stereocenters. The van der Waals surface area contributed by atoms with Gasteiger partial charge in [0.2, 0.25) is 0 Å². The van der Waals surface area contributed by atoms with Crippen molar-refractivity contribution < 1.29 is 9.90 Å². The first-order chi connectivity index (χ1) is 9.13. The van der Waals surface area contributed by atoms with Crippen molar-refractivity contribution in [1.82, 2.24) is 0 Å². The third-order valence-corrected chi connectivity index (χ3v) is 3.08. The van der Waals surface area contributed by atoms with Crippen LogP contribution in [0.15, 0.2) is 48.5 Å². The molecule has 0 atom stereocenters. The van der Waals surface area contributed by atoms with Crippen LogP contribution >= 0.6 is 0 Å². The second kappa shape index (κ2) is 5.57. The predicted molar refractivity (Wildman–Crippen MR) is 76.6 cm³/mol. The largest absolute Gasteiger partial charge is 0.508 e. The van der Waals surface area contributed by atoms with Crippen molar-refractivity contribution in [3.05, 3.63) is 59.7 Å². The van der Waals surface area contributed by atoms with Crippen molar-refractivity contribution in [2.75, 3.05) is 11.4 Å². The summed E-state index contributed by atoms with van der Waals surface area (Å²) in [5.74, 6) is 0.111. The molecule has 0 aromatic heterocycles. The lowest BCUT2D eigenvalue weighted by Gasteiger charge is -2.22. The molecule has 0 saturated heterocycles. The van der Waals surface area contributed by atoms with E-state index in [4.69, 9.17) is 0 Å². The fourth-order valence-electron chi connectivity index (χ4n) is 2.06. The van der Waals surface area contributed by atoms with E-state index in [-0.39, 0.29) is 11.7 Å². The van der Waals surface area contributed by atoms with Crippen LogP contribution in [-0.2, 0) is 0 Å². The molecule has 2 rings (SSSR count). The summed E-state index contributed by atoms with van der Waals surface area (Å²) in [6.07, 6.45) is 0. The number of anilines is 1. The molecular formula is C16H17NO2. The summed E-state index contributed by atoms with van der Waals surface area (Å²) in [5.41, 5.74) is 2.34. The van der Waals surface area contributed by atoms with Gasteiger partial charge in [-0.05, 0) is 37.6 Å². The topological polar surface area (TPSA) is 40.5 Å². The van der Waals surface area contributed by atoms with Crippen LogP contribution in [0.1, 0.15) is 22.8 Å². The van der Waals surface area contributed by atoms with Crippen LogP contribution in [0.5, 0.6) is 5.75 Å². The standard InChI is InChI=1S/C16H17NO2/c1-3-17(13-8-6-9-14(18)11-13)16(19)15-10-5-4-7-12(15)2/h4-11,18H,3H2,1-2H3. The molecule has 2 aromatic carbocycles. The van der Waals surface area contributed by atoms with E-state index in [0.717, 1.165) is 5.56 Å². The summed E-state index contributed by atoms with van der Waals surface area (Å²) in [5, 5.41) is 9.53. The molecule has 0 fully saturated rings. The van der Waals surface area contributed by atoms with Gasteiger partial charge in [-0.15, -0.1) is 0 Å². The summed E-state index contributed by atoms with van der Waals surface area (Å²) in [4.78, 5) is 14.2. The van der Waals surface area contributed by atoms with Gasteiger partial charge in [0.25, 0.3) is 5.91 Å². The molecule has 3 heteroatoms. The highest BCUT2D eigenvalue weighted by Gasteiger charge is 2.17. The summed E-state index contributed by atoms with van der Waals surface area (Å²) in [7, 11) is 0. The fourth-order valence-corrected chi connectivity index (χ4v) is 2.06. The lowest BCUT2D eigenvalue weighted by molar-refractivity contribution is 0.0987. The molecule has 2 aromatic rings. The van der Waals surface area contributed by atoms with Gasteiger partial charge < -0.3 is 10.0 Å². The Morgan fingerprint density at radius 1 is 1.16 bits per heavy atom. The molecule has 0 aliphatic rings. The second-order valence-corrected chi connectivity index (χ2v) is 4.38. The normalized spacial score (nSPS) is 10.2. The van der Waals surface area contributed by atoms with E-state index in [1.54, 1.807) is 23.1 Å². The monoisotopic (exact) mass is 255 g/mol. The highest BCUT2D eigenvalue weighted by Crippen LogP contribution is 2.22. The Morgan fingerprint density at radius 3 is 2.53 bits per heavy atom. The number of amides is 1. The van der Waals surface area contributed by atoms with E-state index in [1.807, 2.05) is 44.2 Å². The van der Waals surface area contributed by atoms with Crippen molar-refractivity contribution in [3.8, 4) is 5.75 Å². The SMILES string of the molecule is CCN(C(=O)c1ccccc1C)c1cccc(O)c1. The highest BCUT2D eigenvalue weighted by atomic mass is 16.3. The van der Waals surface area contributed by atoms with Crippen LogP contribution < -0.4 is 4.90 Å². The van der Waals surface area contributed by atoms with E-state index in [9.17, 15) is 9.90 Å². The van der Waals surface area contributed by atoms with E-state index < -0.39 is 0 Å². The number of phenols is 1. The fraction of sp³-hybridized carbons (Fsp3) is 0.188. The summed E-state index contributed by atoms with van der Waals surface area (Å²) in [6.45, 7) is 4.39. The predicted octanol–water partition coefficient (Wildman–Crippen LogP) is 3.37. The molecule has 3 nitrogen and oxygen atoms in total. The zero-order chi connectivity index (χ0) is 13.8. The van der Waals surface area contributed by atoms with E-state index in [1.165, 1.54) is 0 Å². The molecule has 1 N–H and O–H groups in total. The Balaban J connectivity index is 2.38. The number of phenolic OH excluding ortho intramolecular Hbond substituents is 1. The highest BCUT2D eigenvalue weighted by molar-refractivity contribution is 6.07. The number of carbonyl (C=O) groups excluding carboxylic acids is 1. The van der Waals surface area contributed by atoms with Crippen LogP contribution in [0.4, 0.5) is 5.69 Å². The third kappa shape index (κ3) is 2.76. The average molecular weight is 255 g/mol. The smallest absolute Gasteiger partial charge is 0.258 e. The Labute approximate surface area is 113 Å². The van der Waals surface area contributed by atoms with Crippen molar-refractivity contribution in [3.63, 3.8) is 0 Å². The molecule has 0 aliphatic heterocycles. The van der Waals surface area contributed by atoms with Crippen LogP contribution in [0.2, 0.25) is 0 Å². The number of hydrogen-bond acceptors (Lipinski definition) is 2. The molecule has 0 saturated carbocycles. The van der Waals surface area contributed by atoms with Gasteiger partial charge in [0.15, 0.2) is 0 Å². The zero-order valence-corrected chi connectivity index (χ0v) is 11.1. The number of rotatable bonds is 3. The lowest BCUT2D eigenvalue weighted by atomic mass is 10.1. The number of aromatic hydroxyl groups is 1. The van der Waals surface area contributed by atoms with E-state index >= 15 is 0 Å². The molecule has 0 spiro atoms. The van der Waals surface area contributed by atoms with Gasteiger partial charge in [-0.25, -0.2) is 0 Å². The third-order valence-electron chi connectivity index (χ3n) is 3.08. The molecular weight excluding hydrogens is 238 g/mol. The Kier molecular flexibility index (Phi) is 3.85. The van der Waals surface area contributed by atoms with Gasteiger partial charge in [0.05, 0.1) is 0 Å². The van der Waals surface area contributed by atoms with Crippen molar-refractivity contribution in [2.24, 2.45) is 0 Å². The number of aryl methyl sites for hydroxylation is 1. The first kappa shape index (κ1) is 13.1. The minimum absolute atomic E-state index is 0.0498. The second-order valence-electron chi connectivity index (χ2n) is 4.38. The quantitative estimate of drug-likeness (QED) is 0.913. The van der Waals surface area contributed by atoms with Gasteiger partial charge in [-0.3, -0.25) is 4.79 Å². The first-order valence-corrected chi connectivity index (χ1v) is 6.30. The average Bonchev–Trinajstić information content (AvgIpc) is 2.40. The Hall–Kier alpha value is -2.29. The van der Waals surface area contributed by atoms with Crippen LogP contribution in [0, 0.1) is 6.92 Å². The minimum atomic E-state index is -0.0498. The number of hydrogen-bond donors (Lipinski definition) is 1. The van der Waals surface area contributed by atoms with Gasteiger partial charge in [-0.2, -0.15) is 0 Å². The van der Waals surface area contributed by atoms with Crippen LogP contribution in [-0.4, -0.2) is 17.6 Å². The summed E-state index contributed by atoms with van der Waals surface area (Å²) in [6, 6.07) is 14.3. The molecule has 0 aliphatic carbocycles. The maximum absolute atomic E-state index is 12.6. The van der Waals surface area contributed by atoms with Gasteiger partial charge >= 0.3 is 0 Å². The maximum atomic E-state index is 12.6. The van der Waals surface area contributed by atoms with Crippen molar-refractivity contribution in [1.29, 1.82) is 0 Å². The van der Waals surface area contributed by atoms with Gasteiger partial charge in [0.1, 0.15) is 5.75 Å². The lowest BCUT2D eigenvalue weighted by Crippen LogP contribution is -2.31. The van der Waals surface area contributed by atoms with Gasteiger partial charge in [0, 0.05) is 23.9 Å². The van der Waals surface area contributed by atoms with E-state index in [2.05, 4.69) is 0 Å². The molecule has 1 amide bonds. The molecule has 0 bridgehead atoms. The molecule has 0 radical (unpaired) electrons. The van der Waals surface area contributed by atoms with E-state index in [0.29, 0.717) is 17.8 Å². The van der Waals surface area contributed by atoms with Gasteiger partial charge in [-0.1, -0.05) is 24.3 Å². The summed E-state index contributed by atoms with van der Waals surface area (Å²) < 4.78 is 0. The summed E-state index contributed by atoms with van der Waals surface area (Å²) >= 11 is 0. The number of nitrogens with zero attached hydrogens (tertiary/aromatic N) is 1. The Morgan fingerprint density at radius 2 is 1.89 bits per heavy atom. The zero-order valence-electron chi connectivity index (χ0n) is 11.1. The molecule has 98 valence electrons. The van der Waals surface area contributed by atoms with Crippen molar-refractivity contribution in [2.45, 2.75) is 13.8 Å². The number of benzene rings is 2. The van der Waals surface area contributed by atoms with Crippen LogP contribution in [0.25, 0.3) is 0 Å².